The quantitative estimate of drug-likeness (QED) is 0.738. The number of nitrogens with one attached hydrogen (secondary N) is 2. The Morgan fingerprint density at radius 1 is 1.55 bits per heavy atom. The van der Waals surface area contributed by atoms with Crippen LogP contribution in [0.5, 0.6) is 0 Å². The van der Waals surface area contributed by atoms with Crippen LogP contribution >= 0.6 is 11.6 Å². The number of nitrogens with zero attached hydrogens (tertiary/aromatic N) is 1. The first-order chi connectivity index (χ1) is 10.2. The summed E-state index contributed by atoms with van der Waals surface area (Å²) in [6, 6.07) is 3.95. The van der Waals surface area contributed by atoms with Crippen LogP contribution in [0.4, 0.5) is 13.2 Å². The summed E-state index contributed by atoms with van der Waals surface area (Å²) < 4.78 is 35.1. The first-order valence-electron chi connectivity index (χ1n) is 6.05. The van der Waals surface area contributed by atoms with E-state index in [1.54, 1.807) is 6.20 Å². The molecule has 1 aromatic rings. The number of alkyl halides is 3. The van der Waals surface area contributed by atoms with E-state index in [1.165, 1.54) is 5.56 Å². The molecule has 0 bridgehead atoms. The molecule has 1 aromatic heterocycles. The number of nitrogens with two attached hydrogens (primary N) is 1. The lowest BCUT2D eigenvalue weighted by atomic mass is 10.3. The lowest BCUT2D eigenvalue weighted by Crippen LogP contribution is -2.27. The third-order valence-corrected chi connectivity index (χ3v) is 2.33. The van der Waals surface area contributed by atoms with Gasteiger partial charge in [-0.05, 0) is 18.6 Å². The topological polar surface area (TPSA) is 91.9 Å². The molecule has 0 saturated heterocycles. The average molecular weight is 337 g/mol. The standard InChI is InChI=1S/C7H9ClF3N3O.C6H7N/c8-6(13)4(3-12)14-5(15)1-2-7(9,10)11;1-6-3-2-4-7-5-6/h3,13H,1-2,12H2,(H,14,15);2-5H,1H3/b4-3+,13-6?;. The van der Waals surface area contributed by atoms with Crippen molar-refractivity contribution in [3.8, 4) is 0 Å². The fraction of sp³-hybridized carbons (Fsp3) is 0.308. The summed E-state index contributed by atoms with van der Waals surface area (Å²) >= 11 is 5.18. The molecule has 5 nitrogen and oxygen atoms in total. The summed E-state index contributed by atoms with van der Waals surface area (Å²) in [5.74, 6) is -0.894. The smallest absolute Gasteiger partial charge is 0.389 e. The Hall–Kier alpha value is -2.09. The number of rotatable bonds is 4. The minimum absolute atomic E-state index is 0.219. The molecule has 0 atom stereocenters. The number of hydrogen-bond acceptors (Lipinski definition) is 4. The van der Waals surface area contributed by atoms with Gasteiger partial charge in [0.25, 0.3) is 0 Å². The molecule has 0 aliphatic heterocycles. The Bertz CT molecular complexity index is 518. The van der Waals surface area contributed by atoms with E-state index in [0.29, 0.717) is 0 Å². The molecule has 1 heterocycles. The minimum Gasteiger partial charge on any atom is -0.403 e. The number of hydrogen-bond donors (Lipinski definition) is 3. The van der Waals surface area contributed by atoms with Gasteiger partial charge in [-0.2, -0.15) is 13.2 Å². The first-order valence-corrected chi connectivity index (χ1v) is 6.43. The second-order valence-electron chi connectivity index (χ2n) is 4.09. The second kappa shape index (κ2) is 9.78. The molecule has 0 unspecified atom stereocenters. The van der Waals surface area contributed by atoms with Crippen LogP contribution in [0.25, 0.3) is 0 Å². The van der Waals surface area contributed by atoms with Gasteiger partial charge in [-0.3, -0.25) is 15.2 Å². The SMILES string of the molecule is Cc1cccnc1.N=C(Cl)/C(=C\N)NC(=O)CCC(F)(F)F. The molecule has 0 aromatic carbocycles. The van der Waals surface area contributed by atoms with Crippen molar-refractivity contribution in [1.29, 1.82) is 5.41 Å². The normalized spacial score (nSPS) is 11.2. The van der Waals surface area contributed by atoms with Gasteiger partial charge < -0.3 is 11.1 Å². The molecule has 0 aliphatic rings. The number of allylic oxidation sites excluding steroid dienone is 1. The van der Waals surface area contributed by atoms with Gasteiger partial charge in [0.05, 0.1) is 12.1 Å². The fourth-order valence-electron chi connectivity index (χ4n) is 1.09. The van der Waals surface area contributed by atoms with Crippen LogP contribution in [-0.2, 0) is 4.79 Å². The van der Waals surface area contributed by atoms with E-state index >= 15 is 0 Å². The van der Waals surface area contributed by atoms with Crippen molar-refractivity contribution >= 4 is 22.7 Å². The van der Waals surface area contributed by atoms with Crippen molar-refractivity contribution in [1.82, 2.24) is 10.3 Å². The van der Waals surface area contributed by atoms with E-state index in [4.69, 9.17) is 22.7 Å². The highest BCUT2D eigenvalue weighted by atomic mass is 35.5. The highest BCUT2D eigenvalue weighted by Gasteiger charge is 2.28. The molecule has 0 spiro atoms. The number of carbonyl (C=O) groups excluding carboxylic acids is 1. The maximum atomic E-state index is 11.7. The van der Waals surface area contributed by atoms with Crippen LogP contribution in [0.2, 0.25) is 0 Å². The predicted molar refractivity (Wildman–Crippen MR) is 78.3 cm³/mol. The van der Waals surface area contributed by atoms with Crippen molar-refractivity contribution < 1.29 is 18.0 Å². The average Bonchev–Trinajstić information content (AvgIpc) is 2.43. The van der Waals surface area contributed by atoms with Crippen LogP contribution < -0.4 is 11.1 Å². The van der Waals surface area contributed by atoms with Gasteiger partial charge in [-0.25, -0.2) is 0 Å². The summed E-state index contributed by atoms with van der Waals surface area (Å²) in [5.41, 5.74) is 5.97. The van der Waals surface area contributed by atoms with E-state index in [-0.39, 0.29) is 5.70 Å². The molecule has 1 rings (SSSR count). The lowest BCUT2D eigenvalue weighted by Gasteiger charge is -2.08. The van der Waals surface area contributed by atoms with Gasteiger partial charge in [-0.15, -0.1) is 0 Å². The molecule has 0 saturated carbocycles. The number of aryl methyl sites for hydroxylation is 1. The number of amides is 1. The molecule has 1 amide bonds. The van der Waals surface area contributed by atoms with Gasteiger partial charge in [0.1, 0.15) is 5.17 Å². The van der Waals surface area contributed by atoms with E-state index in [0.717, 1.165) is 6.20 Å². The maximum absolute atomic E-state index is 11.7. The monoisotopic (exact) mass is 336 g/mol. The van der Waals surface area contributed by atoms with Gasteiger partial charge in [0, 0.05) is 25.0 Å². The molecule has 9 heteroatoms. The molecule has 122 valence electrons. The van der Waals surface area contributed by atoms with Crippen molar-refractivity contribution in [2.24, 2.45) is 5.73 Å². The zero-order valence-electron chi connectivity index (χ0n) is 11.7. The van der Waals surface area contributed by atoms with Crippen LogP contribution in [0.15, 0.2) is 36.4 Å². The Morgan fingerprint density at radius 3 is 2.50 bits per heavy atom. The summed E-state index contributed by atoms with van der Waals surface area (Å²) in [6.07, 6.45) is -1.91. The third kappa shape index (κ3) is 10.7. The van der Waals surface area contributed by atoms with Crippen molar-refractivity contribution in [2.75, 3.05) is 0 Å². The zero-order valence-corrected chi connectivity index (χ0v) is 12.5. The summed E-state index contributed by atoms with van der Waals surface area (Å²) in [7, 11) is 0. The second-order valence-corrected chi connectivity index (χ2v) is 4.47. The molecule has 22 heavy (non-hydrogen) atoms. The van der Waals surface area contributed by atoms with Gasteiger partial charge in [0.2, 0.25) is 5.91 Å². The molecule has 0 radical (unpaired) electrons. The predicted octanol–water partition coefficient (Wildman–Crippen LogP) is 2.85. The van der Waals surface area contributed by atoms with Crippen molar-refractivity contribution in [3.63, 3.8) is 0 Å². The van der Waals surface area contributed by atoms with E-state index < -0.39 is 30.1 Å². The third-order valence-electron chi connectivity index (χ3n) is 2.12. The van der Waals surface area contributed by atoms with Crippen LogP contribution in [0.1, 0.15) is 18.4 Å². The fourth-order valence-corrected chi connectivity index (χ4v) is 1.20. The minimum atomic E-state index is -4.39. The summed E-state index contributed by atoms with van der Waals surface area (Å²) in [6.45, 7) is 2.02. The first kappa shape index (κ1) is 19.9. The van der Waals surface area contributed by atoms with Crippen molar-refractivity contribution in [2.45, 2.75) is 25.9 Å². The molecule has 0 aliphatic carbocycles. The van der Waals surface area contributed by atoms with Crippen LogP contribution in [0.3, 0.4) is 0 Å². The lowest BCUT2D eigenvalue weighted by molar-refractivity contribution is -0.143. The molecular weight excluding hydrogens is 321 g/mol. The van der Waals surface area contributed by atoms with Gasteiger partial charge in [0.15, 0.2) is 0 Å². The Kier molecular flexibility index (Phi) is 8.85. The Labute approximate surface area is 130 Å². The van der Waals surface area contributed by atoms with Crippen LogP contribution in [-0.4, -0.2) is 22.2 Å². The van der Waals surface area contributed by atoms with Gasteiger partial charge >= 0.3 is 6.18 Å². The summed E-state index contributed by atoms with van der Waals surface area (Å²) in [4.78, 5) is 14.8. The van der Waals surface area contributed by atoms with E-state index in [9.17, 15) is 18.0 Å². The number of halogens is 4. The van der Waals surface area contributed by atoms with Gasteiger partial charge in [-0.1, -0.05) is 17.7 Å². The number of carbonyl (C=O) groups is 1. The zero-order chi connectivity index (χ0) is 17.2. The number of pyridine rings is 1. The molecular formula is C13H16ClF3N4O. The van der Waals surface area contributed by atoms with Crippen LogP contribution in [0, 0.1) is 12.3 Å². The highest BCUT2D eigenvalue weighted by Crippen LogP contribution is 2.21. The van der Waals surface area contributed by atoms with E-state index in [1.807, 2.05) is 30.6 Å². The van der Waals surface area contributed by atoms with E-state index in [2.05, 4.69) is 4.98 Å². The Balaban J connectivity index is 0.000000518. The molecule has 0 fully saturated rings. The van der Waals surface area contributed by atoms with Crippen molar-refractivity contribution in [3.05, 3.63) is 42.0 Å². The maximum Gasteiger partial charge on any atom is 0.389 e. The largest absolute Gasteiger partial charge is 0.403 e. The highest BCUT2D eigenvalue weighted by molar-refractivity contribution is 6.68. The number of aromatic nitrogens is 1. The molecule has 4 N–H and O–H groups in total. The Morgan fingerprint density at radius 2 is 2.18 bits per heavy atom. The summed E-state index contributed by atoms with van der Waals surface area (Å²) in [5, 5.41) is 8.32.